The van der Waals surface area contributed by atoms with E-state index in [0.29, 0.717) is 12.3 Å². The molecule has 43 heavy (non-hydrogen) atoms. The van der Waals surface area contributed by atoms with E-state index in [1.165, 1.54) is 16.7 Å². The fraction of sp³-hybridized carbons (Fsp3) is 0.450. The molecule has 0 bridgehead atoms. The Balaban J connectivity index is 1.90. The van der Waals surface area contributed by atoms with Gasteiger partial charge in [0.05, 0.1) is 6.10 Å². The van der Waals surface area contributed by atoms with E-state index in [1.54, 1.807) is 0 Å². The minimum Gasteiger partial charge on any atom is -0.389 e. The second-order valence-electron chi connectivity index (χ2n) is 13.9. The molecule has 0 aliphatic heterocycles. The van der Waals surface area contributed by atoms with Crippen LogP contribution in [0.1, 0.15) is 82.1 Å². The van der Waals surface area contributed by atoms with Gasteiger partial charge in [0.15, 0.2) is 5.78 Å². The van der Waals surface area contributed by atoms with Crippen LogP contribution in [0.2, 0.25) is 0 Å². The molecule has 3 nitrogen and oxygen atoms in total. The smallest absolute Gasteiger partial charge is 0.201 e. The number of carbonyl (C=O) groups excluding carboxylic acids is 2. The van der Waals surface area contributed by atoms with E-state index in [2.05, 4.69) is 122 Å². The molecule has 0 radical (unpaired) electrons. The minimum atomic E-state index is -0.340. The average molecular weight is 583 g/mol. The Morgan fingerprint density at radius 1 is 0.744 bits per heavy atom. The highest BCUT2D eigenvalue weighted by molar-refractivity contribution is 6.38. The van der Waals surface area contributed by atoms with Gasteiger partial charge in [-0.3, -0.25) is 9.59 Å². The summed E-state index contributed by atoms with van der Waals surface area (Å²) in [5.74, 6) is -0.365. The van der Waals surface area contributed by atoms with Crippen molar-refractivity contribution >= 4 is 11.6 Å². The molecule has 2 aliphatic rings. The van der Waals surface area contributed by atoms with E-state index in [0.717, 1.165) is 17.6 Å². The van der Waals surface area contributed by atoms with Gasteiger partial charge in [0.25, 0.3) is 0 Å². The molecule has 0 aromatic carbocycles. The Morgan fingerprint density at radius 3 is 1.72 bits per heavy atom. The normalized spacial score (nSPS) is 27.9. The van der Waals surface area contributed by atoms with Crippen molar-refractivity contribution < 1.29 is 14.7 Å². The van der Waals surface area contributed by atoms with Gasteiger partial charge in [-0.15, -0.1) is 0 Å². The van der Waals surface area contributed by atoms with Crippen molar-refractivity contribution in [2.75, 3.05) is 0 Å². The van der Waals surface area contributed by atoms with Crippen molar-refractivity contribution in [1.29, 1.82) is 0 Å². The highest BCUT2D eigenvalue weighted by Crippen LogP contribution is 2.43. The van der Waals surface area contributed by atoms with Crippen LogP contribution in [0.3, 0.4) is 0 Å². The first kappa shape index (κ1) is 35.9. The van der Waals surface area contributed by atoms with Crippen molar-refractivity contribution in [3.8, 4) is 0 Å². The Hall–Kier alpha value is -3.30. The van der Waals surface area contributed by atoms with E-state index in [9.17, 15) is 14.7 Å². The van der Waals surface area contributed by atoms with Gasteiger partial charge >= 0.3 is 0 Å². The van der Waals surface area contributed by atoms with Gasteiger partial charge in [0.1, 0.15) is 0 Å². The summed E-state index contributed by atoms with van der Waals surface area (Å²) < 4.78 is 0. The first-order chi connectivity index (χ1) is 20.0. The molecular weight excluding hydrogens is 528 g/mol. The molecular formula is C40H54O3. The second kappa shape index (κ2) is 16.0. The number of hydrogen-bond donors (Lipinski definition) is 1. The van der Waals surface area contributed by atoms with Gasteiger partial charge in [-0.1, -0.05) is 154 Å². The number of allylic oxidation sites excluding steroid dienone is 19. The lowest BCUT2D eigenvalue weighted by molar-refractivity contribution is -0.145. The summed E-state index contributed by atoms with van der Waals surface area (Å²) in [5.41, 5.74) is 5.67. The zero-order valence-corrected chi connectivity index (χ0v) is 28.1. The third kappa shape index (κ3) is 11.4. The van der Waals surface area contributed by atoms with Crippen LogP contribution in [-0.2, 0) is 9.59 Å². The number of aliphatic hydroxyl groups is 1. The standard InChI is InChI=1S/C40H54O3/c1-28(17-13-19-30(3)21-23-35-32(5)25-34(41)26-39(35,7)8)15-11-12-16-29(2)18-14-20-31(4)22-24-36-33(6)38(43)37(42)27-40(36,9)10/h11-25,33-36,41H,26-27H2,1-10H3/b12-11+,17-13+,18-14+,23-21+,24-22?,28-15+,29-16+,30-19+,31-20?. The lowest BCUT2D eigenvalue weighted by Crippen LogP contribution is -2.43. The largest absolute Gasteiger partial charge is 0.389 e. The molecule has 1 N–H and O–H groups in total. The molecule has 3 heteroatoms. The lowest BCUT2D eigenvalue weighted by Gasteiger charge is -2.39. The highest BCUT2D eigenvalue weighted by atomic mass is 16.3. The maximum absolute atomic E-state index is 12.2. The molecule has 0 heterocycles. The molecule has 4 unspecified atom stereocenters. The molecule has 2 aliphatic carbocycles. The average Bonchev–Trinajstić information content (AvgIpc) is 2.88. The van der Waals surface area contributed by atoms with Crippen molar-refractivity contribution in [2.24, 2.45) is 28.6 Å². The first-order valence-corrected chi connectivity index (χ1v) is 15.5. The Labute approximate surface area is 261 Å². The molecule has 0 saturated heterocycles. The maximum Gasteiger partial charge on any atom is 0.201 e. The molecule has 0 aromatic heterocycles. The van der Waals surface area contributed by atoms with Crippen LogP contribution in [0.5, 0.6) is 0 Å². The van der Waals surface area contributed by atoms with Crippen LogP contribution in [0.25, 0.3) is 0 Å². The molecule has 0 amide bonds. The number of carbonyl (C=O) groups is 2. The summed E-state index contributed by atoms with van der Waals surface area (Å²) in [4.78, 5) is 24.2. The van der Waals surface area contributed by atoms with Gasteiger partial charge in [-0.2, -0.15) is 0 Å². The van der Waals surface area contributed by atoms with E-state index in [1.807, 2.05) is 38.2 Å². The fourth-order valence-electron chi connectivity index (χ4n) is 6.14. The molecule has 4 atom stereocenters. The van der Waals surface area contributed by atoms with E-state index >= 15 is 0 Å². The van der Waals surface area contributed by atoms with E-state index < -0.39 is 0 Å². The molecule has 1 saturated carbocycles. The fourth-order valence-corrected chi connectivity index (χ4v) is 6.14. The van der Waals surface area contributed by atoms with Crippen molar-refractivity contribution in [3.05, 3.63) is 119 Å². The zero-order chi connectivity index (χ0) is 32.4. The third-order valence-corrected chi connectivity index (χ3v) is 8.65. The summed E-state index contributed by atoms with van der Waals surface area (Å²) in [6, 6.07) is 0. The summed E-state index contributed by atoms with van der Waals surface area (Å²) in [6.07, 6.45) is 32.1. The third-order valence-electron chi connectivity index (χ3n) is 8.65. The van der Waals surface area contributed by atoms with Gasteiger partial charge in [-0.25, -0.2) is 0 Å². The quantitative estimate of drug-likeness (QED) is 0.158. The summed E-state index contributed by atoms with van der Waals surface area (Å²) >= 11 is 0. The van der Waals surface area contributed by atoms with E-state index in [-0.39, 0.29) is 40.3 Å². The maximum atomic E-state index is 12.2. The summed E-state index contributed by atoms with van der Waals surface area (Å²) in [6.45, 7) is 20.9. The second-order valence-corrected chi connectivity index (χ2v) is 13.9. The molecule has 0 spiro atoms. The summed E-state index contributed by atoms with van der Waals surface area (Å²) in [5, 5.41) is 10.1. The van der Waals surface area contributed by atoms with Crippen LogP contribution in [0.15, 0.2) is 119 Å². The number of aliphatic hydroxyl groups excluding tert-OH is 1. The van der Waals surface area contributed by atoms with Gasteiger partial charge in [0.2, 0.25) is 5.78 Å². The lowest BCUT2D eigenvalue weighted by atomic mass is 9.63. The van der Waals surface area contributed by atoms with Crippen LogP contribution >= 0.6 is 0 Å². The predicted octanol–water partition coefficient (Wildman–Crippen LogP) is 9.73. The zero-order valence-electron chi connectivity index (χ0n) is 28.1. The minimum absolute atomic E-state index is 0.0465. The van der Waals surface area contributed by atoms with Gasteiger partial charge < -0.3 is 5.11 Å². The van der Waals surface area contributed by atoms with Crippen LogP contribution in [0, 0.1) is 28.6 Å². The SMILES string of the molecule is CC(C=CC1C(C)C(=O)C(=O)CC1(C)C)=C/C=C/C(C)=C/C=C/C=C(C)/C=C/C=C(C)/C=C/C1C(C)=CC(O)CC1(C)C. The predicted molar refractivity (Wildman–Crippen MR) is 183 cm³/mol. The summed E-state index contributed by atoms with van der Waals surface area (Å²) in [7, 11) is 0. The van der Waals surface area contributed by atoms with Crippen molar-refractivity contribution in [1.82, 2.24) is 0 Å². The van der Waals surface area contributed by atoms with E-state index in [4.69, 9.17) is 0 Å². The van der Waals surface area contributed by atoms with Crippen LogP contribution in [-0.4, -0.2) is 22.8 Å². The van der Waals surface area contributed by atoms with Crippen LogP contribution < -0.4 is 0 Å². The number of Topliss-reactive ketones (excluding diaryl/α,β-unsaturated/α-hetero) is 2. The Morgan fingerprint density at radius 2 is 1.21 bits per heavy atom. The van der Waals surface area contributed by atoms with Gasteiger partial charge in [0, 0.05) is 18.3 Å². The number of rotatable bonds is 10. The Bertz CT molecular complexity index is 1330. The highest BCUT2D eigenvalue weighted by Gasteiger charge is 2.44. The molecule has 232 valence electrons. The van der Waals surface area contributed by atoms with Crippen LogP contribution in [0.4, 0.5) is 0 Å². The van der Waals surface area contributed by atoms with Gasteiger partial charge in [-0.05, 0) is 57.8 Å². The first-order valence-electron chi connectivity index (χ1n) is 15.5. The Kier molecular flexibility index (Phi) is 13.3. The molecule has 2 rings (SSSR count). The number of hydrogen-bond acceptors (Lipinski definition) is 3. The van der Waals surface area contributed by atoms with Crippen molar-refractivity contribution in [3.63, 3.8) is 0 Å². The topological polar surface area (TPSA) is 54.4 Å². The monoisotopic (exact) mass is 582 g/mol. The van der Waals surface area contributed by atoms with Crippen molar-refractivity contribution in [2.45, 2.75) is 88.2 Å². The molecule has 1 fully saturated rings. The number of ketones is 2. The molecule has 0 aromatic rings.